The summed E-state index contributed by atoms with van der Waals surface area (Å²) < 4.78 is 5.96. The van der Waals surface area contributed by atoms with E-state index in [1.807, 2.05) is 30.3 Å². The number of ether oxygens (including phenoxy) is 1. The van der Waals surface area contributed by atoms with Crippen LogP contribution in [0.2, 0.25) is 5.02 Å². The molecule has 1 N–H and O–H groups in total. The van der Waals surface area contributed by atoms with Gasteiger partial charge in [0.2, 0.25) is 0 Å². The summed E-state index contributed by atoms with van der Waals surface area (Å²) in [6, 6.07) is 16.7. The molecule has 120 valence electrons. The molecule has 4 nitrogen and oxygen atoms in total. The van der Waals surface area contributed by atoms with Crippen molar-refractivity contribution in [3.63, 3.8) is 0 Å². The molecule has 0 bridgehead atoms. The highest BCUT2D eigenvalue weighted by Gasteiger charge is 2.24. The second kappa shape index (κ2) is 7.38. The van der Waals surface area contributed by atoms with E-state index in [-0.39, 0.29) is 12.1 Å². The van der Waals surface area contributed by atoms with Gasteiger partial charge in [-0.25, -0.2) is 4.79 Å². The van der Waals surface area contributed by atoms with Crippen molar-refractivity contribution in [1.82, 2.24) is 4.90 Å². The lowest BCUT2D eigenvalue weighted by molar-refractivity contribution is 0.106. The highest BCUT2D eigenvalue weighted by atomic mass is 35.5. The molecule has 3 rings (SSSR count). The molecule has 0 spiro atoms. The summed E-state index contributed by atoms with van der Waals surface area (Å²) >= 11 is 5.85. The van der Waals surface area contributed by atoms with Gasteiger partial charge in [0.25, 0.3) is 0 Å². The number of likely N-dealkylation sites (tertiary alicyclic amines) is 1. The molecule has 1 aliphatic rings. The predicted molar refractivity (Wildman–Crippen MR) is 92.1 cm³/mol. The van der Waals surface area contributed by atoms with Gasteiger partial charge < -0.3 is 15.0 Å². The number of nitrogens with one attached hydrogen (secondary N) is 1. The fourth-order valence-corrected chi connectivity index (χ4v) is 2.77. The van der Waals surface area contributed by atoms with Gasteiger partial charge in [-0.3, -0.25) is 0 Å². The molecule has 1 atom stereocenters. The van der Waals surface area contributed by atoms with Gasteiger partial charge in [0.1, 0.15) is 11.9 Å². The number of urea groups is 1. The zero-order valence-electron chi connectivity index (χ0n) is 12.7. The summed E-state index contributed by atoms with van der Waals surface area (Å²) in [5, 5.41) is 3.55. The molecule has 5 heteroatoms. The molecule has 0 radical (unpaired) electrons. The molecule has 1 heterocycles. The first-order chi connectivity index (χ1) is 11.2. The van der Waals surface area contributed by atoms with E-state index >= 15 is 0 Å². The second-order valence-electron chi connectivity index (χ2n) is 5.58. The summed E-state index contributed by atoms with van der Waals surface area (Å²) in [4.78, 5) is 14.2. The number of hydrogen-bond donors (Lipinski definition) is 1. The Balaban J connectivity index is 1.57. The maximum Gasteiger partial charge on any atom is 0.321 e. The van der Waals surface area contributed by atoms with Crippen LogP contribution in [0.25, 0.3) is 0 Å². The van der Waals surface area contributed by atoms with Gasteiger partial charge in [-0.05, 0) is 49.2 Å². The lowest BCUT2D eigenvalue weighted by Gasteiger charge is -2.33. The Bertz CT molecular complexity index is 646. The first-order valence-electron chi connectivity index (χ1n) is 7.74. The van der Waals surface area contributed by atoms with E-state index < -0.39 is 0 Å². The van der Waals surface area contributed by atoms with Crippen molar-refractivity contribution in [3.8, 4) is 5.75 Å². The molecular formula is C18H19ClN2O2. The number of para-hydroxylation sites is 1. The molecule has 0 aromatic heterocycles. The lowest BCUT2D eigenvalue weighted by Crippen LogP contribution is -2.46. The fourth-order valence-electron chi connectivity index (χ4n) is 2.65. The Morgan fingerprint density at radius 1 is 1.13 bits per heavy atom. The highest BCUT2D eigenvalue weighted by Crippen LogP contribution is 2.19. The van der Waals surface area contributed by atoms with Gasteiger partial charge in [0, 0.05) is 17.3 Å². The molecule has 1 unspecified atom stereocenters. The molecule has 2 amide bonds. The Hall–Kier alpha value is -2.20. The van der Waals surface area contributed by atoms with Crippen LogP contribution in [0.3, 0.4) is 0 Å². The Kier molecular flexibility index (Phi) is 5.03. The number of halogens is 1. The van der Waals surface area contributed by atoms with E-state index in [9.17, 15) is 4.79 Å². The quantitative estimate of drug-likeness (QED) is 0.905. The monoisotopic (exact) mass is 330 g/mol. The number of carbonyl (C=O) groups excluding carboxylic acids is 1. The van der Waals surface area contributed by atoms with Crippen molar-refractivity contribution in [1.29, 1.82) is 0 Å². The Morgan fingerprint density at radius 2 is 1.87 bits per heavy atom. The SMILES string of the molecule is O=C(Nc1ccc(Cl)cc1)N1CCCC(Oc2ccccc2)C1. The molecular weight excluding hydrogens is 312 g/mol. The number of rotatable bonds is 3. The number of anilines is 1. The molecule has 1 fully saturated rings. The Labute approximate surface area is 141 Å². The summed E-state index contributed by atoms with van der Waals surface area (Å²) in [5.74, 6) is 0.845. The third-order valence-corrected chi connectivity index (χ3v) is 4.06. The van der Waals surface area contributed by atoms with Crippen LogP contribution in [-0.2, 0) is 0 Å². The zero-order valence-corrected chi connectivity index (χ0v) is 13.5. The number of piperidine rings is 1. The number of carbonyl (C=O) groups is 1. The third kappa shape index (κ3) is 4.39. The van der Waals surface area contributed by atoms with Crippen LogP contribution in [0.4, 0.5) is 10.5 Å². The molecule has 2 aromatic rings. The van der Waals surface area contributed by atoms with E-state index in [0.717, 1.165) is 30.8 Å². The lowest BCUT2D eigenvalue weighted by atomic mass is 10.1. The largest absolute Gasteiger partial charge is 0.489 e. The fraction of sp³-hybridized carbons (Fsp3) is 0.278. The summed E-state index contributed by atoms with van der Waals surface area (Å²) in [5.41, 5.74) is 0.741. The molecule has 0 aliphatic carbocycles. The number of benzene rings is 2. The van der Waals surface area contributed by atoms with Gasteiger partial charge in [-0.2, -0.15) is 0 Å². The van der Waals surface area contributed by atoms with Crippen molar-refractivity contribution in [2.75, 3.05) is 18.4 Å². The van der Waals surface area contributed by atoms with Crippen LogP contribution in [0, 0.1) is 0 Å². The summed E-state index contributed by atoms with van der Waals surface area (Å²) in [6.07, 6.45) is 1.92. The van der Waals surface area contributed by atoms with E-state index in [0.29, 0.717) is 11.6 Å². The topological polar surface area (TPSA) is 41.6 Å². The maximum atomic E-state index is 12.4. The smallest absolute Gasteiger partial charge is 0.321 e. The van der Waals surface area contributed by atoms with Crippen LogP contribution in [0.15, 0.2) is 54.6 Å². The molecule has 0 saturated carbocycles. The molecule has 23 heavy (non-hydrogen) atoms. The van der Waals surface area contributed by atoms with Gasteiger partial charge >= 0.3 is 6.03 Å². The van der Waals surface area contributed by atoms with Crippen molar-refractivity contribution >= 4 is 23.3 Å². The summed E-state index contributed by atoms with van der Waals surface area (Å²) in [7, 11) is 0. The van der Waals surface area contributed by atoms with Gasteiger partial charge in [0.15, 0.2) is 0 Å². The van der Waals surface area contributed by atoms with Crippen LogP contribution < -0.4 is 10.1 Å². The average Bonchev–Trinajstić information content (AvgIpc) is 2.58. The van der Waals surface area contributed by atoms with Crippen molar-refractivity contribution in [2.45, 2.75) is 18.9 Å². The predicted octanol–water partition coefficient (Wildman–Crippen LogP) is 4.42. The van der Waals surface area contributed by atoms with Crippen LogP contribution in [0.5, 0.6) is 5.75 Å². The average molecular weight is 331 g/mol. The van der Waals surface area contributed by atoms with E-state index in [4.69, 9.17) is 16.3 Å². The van der Waals surface area contributed by atoms with Crippen molar-refractivity contribution in [2.24, 2.45) is 0 Å². The molecule has 1 aliphatic heterocycles. The minimum absolute atomic E-state index is 0.0297. The van der Waals surface area contributed by atoms with Crippen molar-refractivity contribution in [3.05, 3.63) is 59.6 Å². The van der Waals surface area contributed by atoms with Gasteiger partial charge in [-0.15, -0.1) is 0 Å². The first kappa shape index (κ1) is 15.7. The number of hydrogen-bond acceptors (Lipinski definition) is 2. The van der Waals surface area contributed by atoms with Crippen LogP contribution in [-0.4, -0.2) is 30.1 Å². The second-order valence-corrected chi connectivity index (χ2v) is 6.01. The first-order valence-corrected chi connectivity index (χ1v) is 8.12. The minimum atomic E-state index is -0.103. The number of nitrogens with zero attached hydrogens (tertiary/aromatic N) is 1. The van der Waals surface area contributed by atoms with E-state index in [1.54, 1.807) is 29.2 Å². The molecule has 2 aromatic carbocycles. The van der Waals surface area contributed by atoms with Gasteiger partial charge in [-0.1, -0.05) is 29.8 Å². The van der Waals surface area contributed by atoms with Gasteiger partial charge in [0.05, 0.1) is 6.54 Å². The van der Waals surface area contributed by atoms with E-state index in [1.165, 1.54) is 0 Å². The molecule has 1 saturated heterocycles. The standard InChI is InChI=1S/C18H19ClN2O2/c19-14-8-10-15(11-9-14)20-18(22)21-12-4-7-17(13-21)23-16-5-2-1-3-6-16/h1-3,5-6,8-11,17H,4,7,12-13H2,(H,20,22). The maximum absolute atomic E-state index is 12.4. The van der Waals surface area contributed by atoms with Crippen LogP contribution >= 0.6 is 11.6 Å². The summed E-state index contributed by atoms with van der Waals surface area (Å²) in [6.45, 7) is 1.34. The normalized spacial score (nSPS) is 17.6. The minimum Gasteiger partial charge on any atom is -0.489 e. The zero-order chi connectivity index (χ0) is 16.1. The van der Waals surface area contributed by atoms with E-state index in [2.05, 4.69) is 5.32 Å². The number of amides is 2. The highest BCUT2D eigenvalue weighted by molar-refractivity contribution is 6.30. The Morgan fingerprint density at radius 3 is 2.61 bits per heavy atom. The van der Waals surface area contributed by atoms with Crippen molar-refractivity contribution < 1.29 is 9.53 Å². The van der Waals surface area contributed by atoms with Crippen LogP contribution in [0.1, 0.15) is 12.8 Å². The third-order valence-electron chi connectivity index (χ3n) is 3.81.